The molecule has 0 unspecified atom stereocenters. The molecule has 0 nitrogen and oxygen atoms in total. The molecule has 1 aromatic carbocycles. The Balaban J connectivity index is 3.05. The highest BCUT2D eigenvalue weighted by Gasteiger charge is 2.24. The smallest absolute Gasteiger partial charge is 0.0686 e. The standard InChI is InChI=1S/C14H20B2/c1-10(2)14(15,16)12-8-6-11(7-9-12)13(3,4)5/h6-10H,1-5H3. The molecular weight excluding hydrogens is 190 g/mol. The van der Waals surface area contributed by atoms with Crippen LogP contribution in [0.25, 0.3) is 0 Å². The third-order valence-corrected chi connectivity index (χ3v) is 3.21. The summed E-state index contributed by atoms with van der Waals surface area (Å²) in [5.74, 6) is 0.216. The molecule has 0 saturated heterocycles. The normalized spacial score (nSPS) is 13.1. The second-order valence-electron chi connectivity index (χ2n) is 5.92. The minimum absolute atomic E-state index is 0.169. The summed E-state index contributed by atoms with van der Waals surface area (Å²) in [5, 5.41) is -0.740. The molecule has 0 fully saturated rings. The third-order valence-electron chi connectivity index (χ3n) is 3.21. The molecular formula is C14H20B2. The van der Waals surface area contributed by atoms with Crippen molar-refractivity contribution in [3.63, 3.8) is 0 Å². The molecule has 0 spiro atoms. The predicted octanol–water partition coefficient (Wildman–Crippen LogP) is 3.13. The molecule has 1 rings (SSSR count). The molecule has 0 atom stereocenters. The average molecular weight is 210 g/mol. The largest absolute Gasteiger partial charge is 0.0733 e. The number of hydrogen-bond acceptors (Lipinski definition) is 0. The Kier molecular flexibility index (Phi) is 3.62. The summed E-state index contributed by atoms with van der Waals surface area (Å²) >= 11 is 0. The number of hydrogen-bond donors (Lipinski definition) is 0. The summed E-state index contributed by atoms with van der Waals surface area (Å²) < 4.78 is 0. The van der Waals surface area contributed by atoms with Crippen molar-refractivity contribution in [2.75, 3.05) is 0 Å². The first-order chi connectivity index (χ1) is 7.15. The maximum atomic E-state index is 6.12. The highest BCUT2D eigenvalue weighted by molar-refractivity contribution is 6.40. The Bertz CT molecular complexity index is 342. The second-order valence-corrected chi connectivity index (χ2v) is 5.92. The molecule has 4 radical (unpaired) electrons. The van der Waals surface area contributed by atoms with Gasteiger partial charge >= 0.3 is 0 Å². The van der Waals surface area contributed by atoms with E-state index in [1.54, 1.807) is 0 Å². The van der Waals surface area contributed by atoms with E-state index >= 15 is 0 Å². The second kappa shape index (κ2) is 4.31. The van der Waals surface area contributed by atoms with Gasteiger partial charge in [-0.25, -0.2) is 0 Å². The van der Waals surface area contributed by atoms with E-state index in [0.29, 0.717) is 0 Å². The summed E-state index contributed by atoms with van der Waals surface area (Å²) in [4.78, 5) is 0. The van der Waals surface area contributed by atoms with Crippen LogP contribution in [0.3, 0.4) is 0 Å². The van der Waals surface area contributed by atoms with Crippen molar-refractivity contribution < 1.29 is 0 Å². The molecule has 2 heteroatoms. The maximum absolute atomic E-state index is 6.12. The summed E-state index contributed by atoms with van der Waals surface area (Å²) in [6.45, 7) is 10.7. The lowest BCUT2D eigenvalue weighted by molar-refractivity contribution is 0.566. The zero-order valence-electron chi connectivity index (χ0n) is 11.0. The highest BCUT2D eigenvalue weighted by atomic mass is 14.2. The Morgan fingerprint density at radius 3 is 1.56 bits per heavy atom. The van der Waals surface area contributed by atoms with Crippen molar-refractivity contribution in [2.24, 2.45) is 5.92 Å². The minimum Gasteiger partial charge on any atom is -0.0733 e. The first-order valence-corrected chi connectivity index (χ1v) is 5.84. The van der Waals surface area contributed by atoms with Crippen molar-refractivity contribution in [1.29, 1.82) is 0 Å². The van der Waals surface area contributed by atoms with Gasteiger partial charge in [0.1, 0.15) is 0 Å². The molecule has 82 valence electrons. The van der Waals surface area contributed by atoms with Gasteiger partial charge in [-0.05, 0) is 11.0 Å². The molecule has 0 amide bonds. The van der Waals surface area contributed by atoms with Crippen LogP contribution in [0, 0.1) is 5.92 Å². The average Bonchev–Trinajstić information content (AvgIpc) is 2.16. The third kappa shape index (κ3) is 2.72. The van der Waals surface area contributed by atoms with Crippen LogP contribution in [-0.4, -0.2) is 15.7 Å². The van der Waals surface area contributed by atoms with Crippen molar-refractivity contribution in [3.8, 4) is 0 Å². The molecule has 0 heterocycles. The molecule has 0 aliphatic heterocycles. The summed E-state index contributed by atoms with van der Waals surface area (Å²) in [5.41, 5.74) is 2.47. The van der Waals surface area contributed by atoms with Crippen LogP contribution < -0.4 is 0 Å². The fourth-order valence-electron chi connectivity index (χ4n) is 1.59. The molecule has 0 aromatic heterocycles. The van der Waals surface area contributed by atoms with E-state index < -0.39 is 5.21 Å². The molecule has 0 N–H and O–H groups in total. The van der Waals surface area contributed by atoms with Gasteiger partial charge in [-0.15, -0.1) is 0 Å². The highest BCUT2D eigenvalue weighted by Crippen LogP contribution is 2.28. The van der Waals surface area contributed by atoms with Crippen LogP contribution in [0.5, 0.6) is 0 Å². The first-order valence-electron chi connectivity index (χ1n) is 5.84. The quantitative estimate of drug-likeness (QED) is 0.657. The summed E-state index contributed by atoms with van der Waals surface area (Å²) in [6.07, 6.45) is 0. The van der Waals surface area contributed by atoms with Gasteiger partial charge in [0, 0.05) is 0 Å². The van der Waals surface area contributed by atoms with Crippen LogP contribution in [-0.2, 0) is 10.6 Å². The van der Waals surface area contributed by atoms with Crippen LogP contribution >= 0.6 is 0 Å². The van der Waals surface area contributed by atoms with E-state index in [9.17, 15) is 0 Å². The maximum Gasteiger partial charge on any atom is 0.0686 e. The lowest BCUT2D eigenvalue weighted by atomic mass is 9.46. The Morgan fingerprint density at radius 2 is 1.25 bits per heavy atom. The predicted molar refractivity (Wildman–Crippen MR) is 73.2 cm³/mol. The van der Waals surface area contributed by atoms with E-state index in [1.165, 1.54) is 5.56 Å². The van der Waals surface area contributed by atoms with E-state index in [0.717, 1.165) is 5.56 Å². The van der Waals surface area contributed by atoms with Crippen molar-refractivity contribution in [3.05, 3.63) is 35.4 Å². The van der Waals surface area contributed by atoms with Gasteiger partial charge < -0.3 is 0 Å². The Morgan fingerprint density at radius 1 is 0.875 bits per heavy atom. The fraction of sp³-hybridized carbons (Fsp3) is 0.571. The van der Waals surface area contributed by atoms with E-state index in [-0.39, 0.29) is 11.3 Å². The fourth-order valence-corrected chi connectivity index (χ4v) is 1.59. The van der Waals surface area contributed by atoms with Gasteiger partial charge in [-0.2, -0.15) is 0 Å². The summed E-state index contributed by atoms with van der Waals surface area (Å²) in [7, 11) is 12.2. The molecule has 16 heavy (non-hydrogen) atoms. The lowest BCUT2D eigenvalue weighted by Crippen LogP contribution is -2.33. The van der Waals surface area contributed by atoms with Gasteiger partial charge in [0.05, 0.1) is 15.7 Å². The lowest BCUT2D eigenvalue weighted by Gasteiger charge is -2.32. The van der Waals surface area contributed by atoms with Gasteiger partial charge in [-0.1, -0.05) is 75.6 Å². The Hall–Kier alpha value is -0.650. The minimum atomic E-state index is -0.740. The van der Waals surface area contributed by atoms with Crippen LogP contribution in [0.15, 0.2) is 24.3 Å². The zero-order valence-corrected chi connectivity index (χ0v) is 11.0. The Labute approximate surface area is 103 Å². The molecule has 0 aliphatic carbocycles. The number of benzene rings is 1. The molecule has 1 aromatic rings. The van der Waals surface area contributed by atoms with Crippen LogP contribution in [0.4, 0.5) is 0 Å². The molecule has 0 bridgehead atoms. The number of rotatable bonds is 2. The molecule has 0 saturated carbocycles. The molecule has 0 aliphatic rings. The monoisotopic (exact) mass is 210 g/mol. The van der Waals surface area contributed by atoms with Gasteiger partial charge in [0.2, 0.25) is 0 Å². The zero-order chi connectivity index (χ0) is 12.6. The van der Waals surface area contributed by atoms with Crippen LogP contribution in [0.2, 0.25) is 0 Å². The first kappa shape index (κ1) is 13.4. The summed E-state index contributed by atoms with van der Waals surface area (Å²) in [6, 6.07) is 8.32. The SMILES string of the molecule is [B]C([B])(c1ccc(C(C)(C)C)cc1)C(C)C. The van der Waals surface area contributed by atoms with E-state index in [1.807, 2.05) is 26.0 Å². The van der Waals surface area contributed by atoms with E-state index in [2.05, 4.69) is 32.9 Å². The van der Waals surface area contributed by atoms with Gasteiger partial charge in [0.25, 0.3) is 0 Å². The van der Waals surface area contributed by atoms with Gasteiger partial charge in [0.15, 0.2) is 0 Å². The van der Waals surface area contributed by atoms with E-state index in [4.69, 9.17) is 15.7 Å². The van der Waals surface area contributed by atoms with Crippen molar-refractivity contribution in [1.82, 2.24) is 0 Å². The van der Waals surface area contributed by atoms with Crippen molar-refractivity contribution >= 4 is 15.7 Å². The van der Waals surface area contributed by atoms with Crippen molar-refractivity contribution in [2.45, 2.75) is 45.2 Å². The van der Waals surface area contributed by atoms with Gasteiger partial charge in [-0.3, -0.25) is 0 Å². The van der Waals surface area contributed by atoms with Crippen LogP contribution in [0.1, 0.15) is 45.7 Å². The topological polar surface area (TPSA) is 0 Å².